The molecule has 1 aliphatic rings. The fourth-order valence-corrected chi connectivity index (χ4v) is 2.60. The van der Waals surface area contributed by atoms with E-state index in [0.29, 0.717) is 24.7 Å². The zero-order valence-electron chi connectivity index (χ0n) is 11.2. The number of hydrogen-bond donors (Lipinski definition) is 1. The van der Waals surface area contributed by atoms with Crippen LogP contribution in [-0.2, 0) is 11.3 Å². The molecule has 0 bridgehead atoms. The molecule has 1 fully saturated rings. The predicted octanol–water partition coefficient (Wildman–Crippen LogP) is 2.36. The van der Waals surface area contributed by atoms with E-state index in [4.69, 9.17) is 5.11 Å². The van der Waals surface area contributed by atoms with E-state index in [1.165, 1.54) is 12.4 Å². The Bertz CT molecular complexity index is 443. The molecule has 1 N–H and O–H groups in total. The Hall–Kier alpha value is -1.50. The van der Waals surface area contributed by atoms with Crippen molar-refractivity contribution < 1.29 is 18.7 Å². The summed E-state index contributed by atoms with van der Waals surface area (Å²) in [7, 11) is 0. The average Bonchev–Trinajstić information content (AvgIpc) is 2.86. The summed E-state index contributed by atoms with van der Waals surface area (Å²) in [5, 5.41) is 8.66. The number of nitrogens with zero attached hydrogens (tertiary/aromatic N) is 3. The first-order valence-electron chi connectivity index (χ1n) is 6.80. The summed E-state index contributed by atoms with van der Waals surface area (Å²) in [6.45, 7) is -0.523. The van der Waals surface area contributed by atoms with Crippen LogP contribution in [0.25, 0.3) is 0 Å². The van der Waals surface area contributed by atoms with Crippen LogP contribution in [-0.4, -0.2) is 38.6 Å². The fraction of sp³-hybridized carbons (Fsp3) is 0.692. The Morgan fingerprint density at radius 2 is 2.15 bits per heavy atom. The number of carboxylic acid groups (broad SMARTS) is 1. The minimum atomic E-state index is -2.55. The van der Waals surface area contributed by atoms with Crippen LogP contribution in [0, 0.1) is 5.92 Å². The predicted molar refractivity (Wildman–Crippen MR) is 68.4 cm³/mol. The number of imidazole rings is 1. The van der Waals surface area contributed by atoms with Crippen LogP contribution >= 0.6 is 0 Å². The number of hydrogen-bond acceptors (Lipinski definition) is 3. The number of piperidine rings is 1. The van der Waals surface area contributed by atoms with Gasteiger partial charge in [-0.2, -0.15) is 8.78 Å². The van der Waals surface area contributed by atoms with Crippen molar-refractivity contribution in [3.63, 3.8) is 0 Å². The van der Waals surface area contributed by atoms with Gasteiger partial charge in [-0.1, -0.05) is 0 Å². The number of alkyl halides is 2. The number of halogens is 2. The van der Waals surface area contributed by atoms with Gasteiger partial charge in [0.1, 0.15) is 5.82 Å². The first-order chi connectivity index (χ1) is 9.56. The Labute approximate surface area is 116 Å². The van der Waals surface area contributed by atoms with Crippen LogP contribution in [0.2, 0.25) is 0 Å². The summed E-state index contributed by atoms with van der Waals surface area (Å²) in [5.41, 5.74) is 0. The minimum absolute atomic E-state index is 0.209. The second kappa shape index (κ2) is 6.78. The van der Waals surface area contributed by atoms with E-state index in [-0.39, 0.29) is 6.42 Å². The smallest absolute Gasteiger partial charge is 0.319 e. The molecule has 20 heavy (non-hydrogen) atoms. The summed E-state index contributed by atoms with van der Waals surface area (Å²) >= 11 is 0. The minimum Gasteiger partial charge on any atom is -0.481 e. The number of aliphatic carboxylic acids is 1. The first-order valence-corrected chi connectivity index (χ1v) is 6.80. The third-order valence-corrected chi connectivity index (χ3v) is 3.80. The summed E-state index contributed by atoms with van der Waals surface area (Å²) in [6, 6.07) is 0. The van der Waals surface area contributed by atoms with E-state index in [1.807, 2.05) is 0 Å². The Morgan fingerprint density at radius 3 is 2.75 bits per heavy atom. The van der Waals surface area contributed by atoms with E-state index in [2.05, 4.69) is 9.88 Å². The number of aromatic nitrogens is 2. The van der Waals surface area contributed by atoms with Crippen LogP contribution < -0.4 is 0 Å². The SMILES string of the molecule is O=C(O)CCC1CCN(Cc2nccn2C(F)F)CC1. The molecule has 0 saturated carbocycles. The van der Waals surface area contributed by atoms with Gasteiger partial charge in [0.05, 0.1) is 6.54 Å². The molecule has 7 heteroatoms. The number of rotatable bonds is 6. The third-order valence-electron chi connectivity index (χ3n) is 3.80. The highest BCUT2D eigenvalue weighted by atomic mass is 19.3. The molecular weight excluding hydrogens is 268 g/mol. The van der Waals surface area contributed by atoms with E-state index < -0.39 is 12.5 Å². The monoisotopic (exact) mass is 287 g/mol. The maximum absolute atomic E-state index is 12.7. The molecule has 1 aromatic rings. The standard InChI is InChI=1S/C13H19F2N3O2/c14-13(15)18-8-5-16-11(18)9-17-6-3-10(4-7-17)1-2-12(19)20/h5,8,10,13H,1-4,6-7,9H2,(H,19,20). The van der Waals surface area contributed by atoms with Crippen molar-refractivity contribution in [1.82, 2.24) is 14.5 Å². The van der Waals surface area contributed by atoms with Gasteiger partial charge in [-0.15, -0.1) is 0 Å². The van der Waals surface area contributed by atoms with Gasteiger partial charge in [-0.3, -0.25) is 14.3 Å². The Balaban J connectivity index is 1.79. The van der Waals surface area contributed by atoms with Gasteiger partial charge in [0.25, 0.3) is 0 Å². The molecule has 1 aromatic heterocycles. The van der Waals surface area contributed by atoms with Crippen molar-refractivity contribution in [3.05, 3.63) is 18.2 Å². The molecule has 112 valence electrons. The zero-order chi connectivity index (χ0) is 14.5. The van der Waals surface area contributed by atoms with Gasteiger partial charge in [0, 0.05) is 18.8 Å². The van der Waals surface area contributed by atoms with Gasteiger partial charge in [0.15, 0.2) is 0 Å². The topological polar surface area (TPSA) is 58.4 Å². The summed E-state index contributed by atoms with van der Waals surface area (Å²) in [4.78, 5) is 16.6. The Morgan fingerprint density at radius 1 is 1.45 bits per heavy atom. The molecule has 0 spiro atoms. The highest BCUT2D eigenvalue weighted by Crippen LogP contribution is 2.23. The van der Waals surface area contributed by atoms with Crippen LogP contribution in [0.15, 0.2) is 12.4 Å². The molecule has 1 aliphatic heterocycles. The summed E-state index contributed by atoms with van der Waals surface area (Å²) in [6.07, 6.45) is 5.43. The van der Waals surface area contributed by atoms with Gasteiger partial charge in [-0.25, -0.2) is 4.98 Å². The highest BCUT2D eigenvalue weighted by molar-refractivity contribution is 5.66. The second-order valence-corrected chi connectivity index (χ2v) is 5.18. The zero-order valence-corrected chi connectivity index (χ0v) is 11.2. The van der Waals surface area contributed by atoms with Crippen LogP contribution in [0.4, 0.5) is 8.78 Å². The third kappa shape index (κ3) is 4.00. The lowest BCUT2D eigenvalue weighted by atomic mass is 9.92. The molecule has 0 amide bonds. The molecule has 2 heterocycles. The average molecular weight is 287 g/mol. The summed E-state index contributed by atoms with van der Waals surface area (Å²) < 4.78 is 26.3. The molecular formula is C13H19F2N3O2. The second-order valence-electron chi connectivity index (χ2n) is 5.18. The van der Waals surface area contributed by atoms with Crippen LogP contribution in [0.3, 0.4) is 0 Å². The van der Waals surface area contributed by atoms with Gasteiger partial charge >= 0.3 is 12.5 Å². The largest absolute Gasteiger partial charge is 0.481 e. The summed E-state index contributed by atoms with van der Waals surface area (Å²) in [5.74, 6) is 0.0487. The molecule has 0 atom stereocenters. The van der Waals surface area contributed by atoms with Gasteiger partial charge in [-0.05, 0) is 38.3 Å². The maximum Gasteiger partial charge on any atom is 0.319 e. The maximum atomic E-state index is 12.7. The molecule has 2 rings (SSSR count). The molecule has 1 saturated heterocycles. The molecule has 5 nitrogen and oxygen atoms in total. The quantitative estimate of drug-likeness (QED) is 0.872. The molecule has 0 unspecified atom stereocenters. The van der Waals surface area contributed by atoms with Crippen molar-refractivity contribution in [2.45, 2.75) is 38.8 Å². The molecule has 0 aromatic carbocycles. The fourth-order valence-electron chi connectivity index (χ4n) is 2.60. The van der Waals surface area contributed by atoms with Crippen molar-refractivity contribution in [2.24, 2.45) is 5.92 Å². The normalized spacial score (nSPS) is 17.8. The van der Waals surface area contributed by atoms with E-state index >= 15 is 0 Å². The van der Waals surface area contributed by atoms with Crippen LogP contribution in [0.1, 0.15) is 38.1 Å². The van der Waals surface area contributed by atoms with E-state index in [0.717, 1.165) is 30.5 Å². The molecule has 0 aliphatic carbocycles. The van der Waals surface area contributed by atoms with Crippen molar-refractivity contribution in [2.75, 3.05) is 13.1 Å². The van der Waals surface area contributed by atoms with Crippen molar-refractivity contribution in [1.29, 1.82) is 0 Å². The molecule has 0 radical (unpaired) electrons. The lowest BCUT2D eigenvalue weighted by molar-refractivity contribution is -0.137. The Kier molecular flexibility index (Phi) is 5.05. The number of likely N-dealkylation sites (tertiary alicyclic amines) is 1. The van der Waals surface area contributed by atoms with Crippen LogP contribution in [0.5, 0.6) is 0 Å². The highest BCUT2D eigenvalue weighted by Gasteiger charge is 2.21. The lowest BCUT2D eigenvalue weighted by Gasteiger charge is -2.31. The van der Waals surface area contributed by atoms with E-state index in [1.54, 1.807) is 0 Å². The number of carbonyl (C=O) groups is 1. The van der Waals surface area contributed by atoms with Gasteiger partial charge in [0.2, 0.25) is 0 Å². The number of carboxylic acids is 1. The van der Waals surface area contributed by atoms with E-state index in [9.17, 15) is 13.6 Å². The lowest BCUT2D eigenvalue weighted by Crippen LogP contribution is -2.34. The van der Waals surface area contributed by atoms with Gasteiger partial charge < -0.3 is 5.11 Å². The van der Waals surface area contributed by atoms with Crippen molar-refractivity contribution in [3.8, 4) is 0 Å². The first kappa shape index (κ1) is 14.9. The van der Waals surface area contributed by atoms with Crippen molar-refractivity contribution >= 4 is 5.97 Å².